The minimum Gasteiger partial charge on any atom is -0.439 e. The van der Waals surface area contributed by atoms with Crippen LogP contribution in [0.1, 0.15) is 31.9 Å². The Morgan fingerprint density at radius 3 is 2.76 bits per heavy atom. The van der Waals surface area contributed by atoms with Gasteiger partial charge in [-0.3, -0.25) is 19.8 Å². The molecule has 0 unspecified atom stereocenters. The van der Waals surface area contributed by atoms with Gasteiger partial charge in [-0.15, -0.1) is 0 Å². The lowest BCUT2D eigenvalue weighted by Gasteiger charge is -2.32. The van der Waals surface area contributed by atoms with Crippen molar-refractivity contribution in [1.82, 2.24) is 30.4 Å². The zero-order chi connectivity index (χ0) is 23.3. The van der Waals surface area contributed by atoms with Crippen molar-refractivity contribution in [1.29, 1.82) is 0 Å². The summed E-state index contributed by atoms with van der Waals surface area (Å²) in [6.45, 7) is 4.64. The van der Waals surface area contributed by atoms with Gasteiger partial charge in [0.2, 0.25) is 11.8 Å². The van der Waals surface area contributed by atoms with Gasteiger partial charge in [0.05, 0.1) is 16.9 Å². The van der Waals surface area contributed by atoms with Crippen LogP contribution in [0.15, 0.2) is 60.9 Å². The Morgan fingerprint density at radius 1 is 1.15 bits per heavy atom. The molecule has 0 spiro atoms. The molecule has 0 bridgehead atoms. The molecule has 34 heavy (non-hydrogen) atoms. The largest absolute Gasteiger partial charge is 0.439 e. The fourth-order valence-electron chi connectivity index (χ4n) is 4.23. The molecule has 0 radical (unpaired) electrons. The molecule has 4 aromatic rings. The van der Waals surface area contributed by atoms with E-state index in [2.05, 4.69) is 37.5 Å². The second-order valence-corrected chi connectivity index (χ2v) is 8.59. The van der Waals surface area contributed by atoms with Crippen LogP contribution >= 0.6 is 0 Å². The van der Waals surface area contributed by atoms with Crippen LogP contribution in [0.4, 0.5) is 0 Å². The fraction of sp³-hybridized carbons (Fsp3) is 0.308. The molecule has 0 atom stereocenters. The van der Waals surface area contributed by atoms with Crippen molar-refractivity contribution in [2.24, 2.45) is 0 Å². The van der Waals surface area contributed by atoms with Crippen molar-refractivity contribution in [2.45, 2.75) is 38.8 Å². The number of carbonyl (C=O) groups is 1. The number of aromatic nitrogens is 4. The molecule has 1 aromatic carbocycles. The molecule has 1 aliphatic heterocycles. The first-order valence-electron chi connectivity index (χ1n) is 11.7. The number of nitrogens with one attached hydrogen (secondary N) is 2. The summed E-state index contributed by atoms with van der Waals surface area (Å²) >= 11 is 0. The Hall–Kier alpha value is -3.78. The number of pyridine rings is 2. The number of amides is 1. The number of rotatable bonds is 7. The number of ether oxygens (including phenoxy) is 1. The predicted octanol–water partition coefficient (Wildman–Crippen LogP) is 4.30. The molecule has 1 amide bonds. The van der Waals surface area contributed by atoms with Crippen LogP contribution < -0.4 is 10.1 Å². The maximum absolute atomic E-state index is 11.6. The summed E-state index contributed by atoms with van der Waals surface area (Å²) in [6, 6.07) is 16.1. The summed E-state index contributed by atoms with van der Waals surface area (Å²) in [5.74, 6) is 1.39. The first kappa shape index (κ1) is 22.0. The summed E-state index contributed by atoms with van der Waals surface area (Å²) in [4.78, 5) is 23.3. The van der Waals surface area contributed by atoms with Crippen LogP contribution in [0.3, 0.4) is 0 Å². The molecule has 1 aliphatic rings. The molecule has 2 N–H and O–H groups in total. The first-order valence-corrected chi connectivity index (χ1v) is 11.7. The third-order valence-electron chi connectivity index (χ3n) is 6.15. The summed E-state index contributed by atoms with van der Waals surface area (Å²) in [5, 5.41) is 11.0. The van der Waals surface area contributed by atoms with Gasteiger partial charge in [0.25, 0.3) is 0 Å². The van der Waals surface area contributed by atoms with Crippen LogP contribution in [-0.4, -0.2) is 50.1 Å². The van der Waals surface area contributed by atoms with E-state index >= 15 is 0 Å². The molecule has 3 aromatic heterocycles. The van der Waals surface area contributed by atoms with Crippen molar-refractivity contribution in [3.63, 3.8) is 0 Å². The third-order valence-corrected chi connectivity index (χ3v) is 6.15. The van der Waals surface area contributed by atoms with Crippen molar-refractivity contribution >= 4 is 16.8 Å². The van der Waals surface area contributed by atoms with Gasteiger partial charge in [-0.2, -0.15) is 5.10 Å². The highest BCUT2D eigenvalue weighted by atomic mass is 16.5. The number of hydrogen-bond acceptors (Lipinski definition) is 6. The van der Waals surface area contributed by atoms with Gasteiger partial charge in [-0.05, 0) is 49.2 Å². The van der Waals surface area contributed by atoms with Gasteiger partial charge in [-0.1, -0.05) is 13.0 Å². The number of H-pyrrole nitrogens is 1. The van der Waals surface area contributed by atoms with E-state index in [9.17, 15) is 4.79 Å². The molecular formula is C26H28N6O2. The van der Waals surface area contributed by atoms with Gasteiger partial charge in [0.1, 0.15) is 5.75 Å². The highest BCUT2D eigenvalue weighted by molar-refractivity contribution is 5.80. The lowest BCUT2D eigenvalue weighted by atomic mass is 10.0. The Kier molecular flexibility index (Phi) is 6.49. The number of likely N-dealkylation sites (tertiary alicyclic amines) is 1. The molecule has 1 fully saturated rings. The van der Waals surface area contributed by atoms with Gasteiger partial charge in [0.15, 0.2) is 0 Å². The normalized spacial score (nSPS) is 14.9. The van der Waals surface area contributed by atoms with Gasteiger partial charge >= 0.3 is 0 Å². The molecule has 1 saturated heterocycles. The van der Waals surface area contributed by atoms with E-state index in [0.717, 1.165) is 66.1 Å². The summed E-state index contributed by atoms with van der Waals surface area (Å²) in [6.07, 6.45) is 5.99. The average molecular weight is 457 g/mol. The Balaban J connectivity index is 1.20. The number of piperidine rings is 1. The average Bonchev–Trinajstić information content (AvgIpc) is 3.41. The van der Waals surface area contributed by atoms with Gasteiger partial charge < -0.3 is 10.1 Å². The van der Waals surface area contributed by atoms with Gasteiger partial charge in [0, 0.05) is 61.5 Å². The lowest BCUT2D eigenvalue weighted by molar-refractivity contribution is -0.121. The molecule has 0 aliphatic carbocycles. The Labute approximate surface area is 198 Å². The number of benzene rings is 1. The standard InChI is InChI=1S/C26H28N6O2/c1-2-25(33)30-20-10-13-32(14-11-20)17-21-5-3-18-15-22(6-7-23(18)29-21)34-26-8-4-19(16-27-26)24-9-12-28-31-24/h3-9,12,15-16,20H,2,10-11,13-14,17H2,1H3,(H,28,31)(H,30,33). The van der Waals surface area contributed by atoms with E-state index < -0.39 is 0 Å². The SMILES string of the molecule is CCC(=O)NC1CCN(Cc2ccc3cc(Oc4ccc(-c5ccn[nH]5)cn4)ccc3n2)CC1. The number of carbonyl (C=O) groups excluding carboxylic acids is 1. The Bertz CT molecular complexity index is 1250. The highest BCUT2D eigenvalue weighted by Crippen LogP contribution is 2.26. The topological polar surface area (TPSA) is 96.0 Å². The number of aromatic amines is 1. The number of fused-ring (bicyclic) bond motifs is 1. The molecule has 5 rings (SSSR count). The fourth-order valence-corrected chi connectivity index (χ4v) is 4.23. The molecule has 0 saturated carbocycles. The maximum atomic E-state index is 11.6. The predicted molar refractivity (Wildman–Crippen MR) is 130 cm³/mol. The molecule has 4 heterocycles. The molecule has 8 heteroatoms. The van der Waals surface area contributed by atoms with Crippen molar-refractivity contribution in [3.05, 3.63) is 66.6 Å². The maximum Gasteiger partial charge on any atom is 0.219 e. The molecule has 174 valence electrons. The van der Waals surface area contributed by atoms with Crippen LogP contribution in [0.25, 0.3) is 22.2 Å². The second kappa shape index (κ2) is 10.0. The quantitative estimate of drug-likeness (QED) is 0.430. The Morgan fingerprint density at radius 2 is 2.03 bits per heavy atom. The van der Waals surface area contributed by atoms with Crippen molar-refractivity contribution in [3.8, 4) is 22.9 Å². The minimum atomic E-state index is 0.139. The van der Waals surface area contributed by atoms with E-state index in [1.54, 1.807) is 12.4 Å². The highest BCUT2D eigenvalue weighted by Gasteiger charge is 2.20. The zero-order valence-electron chi connectivity index (χ0n) is 19.2. The van der Waals surface area contributed by atoms with Gasteiger partial charge in [-0.25, -0.2) is 4.98 Å². The molecule has 8 nitrogen and oxygen atoms in total. The van der Waals surface area contributed by atoms with Crippen molar-refractivity contribution < 1.29 is 9.53 Å². The number of hydrogen-bond donors (Lipinski definition) is 2. The third kappa shape index (κ3) is 5.23. The minimum absolute atomic E-state index is 0.139. The summed E-state index contributed by atoms with van der Waals surface area (Å²) in [5.41, 5.74) is 3.86. The monoisotopic (exact) mass is 456 g/mol. The lowest BCUT2D eigenvalue weighted by Crippen LogP contribution is -2.44. The van der Waals surface area contributed by atoms with Crippen LogP contribution in [-0.2, 0) is 11.3 Å². The first-order chi connectivity index (χ1) is 16.7. The van der Waals surface area contributed by atoms with Crippen LogP contribution in [0, 0.1) is 0 Å². The van der Waals surface area contributed by atoms with Crippen LogP contribution in [0.5, 0.6) is 11.6 Å². The van der Waals surface area contributed by atoms with E-state index in [1.165, 1.54) is 0 Å². The van der Waals surface area contributed by atoms with Crippen LogP contribution in [0.2, 0.25) is 0 Å². The van der Waals surface area contributed by atoms with E-state index in [0.29, 0.717) is 18.3 Å². The van der Waals surface area contributed by atoms with E-state index in [4.69, 9.17) is 9.72 Å². The zero-order valence-corrected chi connectivity index (χ0v) is 19.2. The van der Waals surface area contributed by atoms with Crippen molar-refractivity contribution in [2.75, 3.05) is 13.1 Å². The smallest absolute Gasteiger partial charge is 0.219 e. The van der Waals surface area contributed by atoms with E-state index in [-0.39, 0.29) is 5.91 Å². The second-order valence-electron chi connectivity index (χ2n) is 8.59. The number of nitrogens with zero attached hydrogens (tertiary/aromatic N) is 4. The molecular weight excluding hydrogens is 428 g/mol. The van der Waals surface area contributed by atoms with E-state index in [1.807, 2.05) is 43.3 Å². The summed E-state index contributed by atoms with van der Waals surface area (Å²) < 4.78 is 5.95. The summed E-state index contributed by atoms with van der Waals surface area (Å²) in [7, 11) is 0.